The molecule has 35 heavy (non-hydrogen) atoms. The van der Waals surface area contributed by atoms with Crippen molar-refractivity contribution in [2.75, 3.05) is 0 Å². The number of hydrogen-bond acceptors (Lipinski definition) is 4. The van der Waals surface area contributed by atoms with Gasteiger partial charge in [0, 0.05) is 11.8 Å². The van der Waals surface area contributed by atoms with E-state index in [9.17, 15) is 9.90 Å². The zero-order chi connectivity index (χ0) is 25.2. The number of fused-ring (bicyclic) bond motifs is 8. The maximum Gasteiger partial charge on any atom is 0.310 e. The van der Waals surface area contributed by atoms with Crippen LogP contribution in [0.1, 0.15) is 111 Å². The fourth-order valence-electron chi connectivity index (χ4n) is 10.8. The lowest BCUT2D eigenvalue weighted by molar-refractivity contribution is -0.177. The zero-order valence-corrected chi connectivity index (χ0v) is 22.8. The van der Waals surface area contributed by atoms with E-state index in [4.69, 9.17) is 4.63 Å². The normalized spacial score (nSPS) is 47.3. The molecule has 1 heterocycles. The van der Waals surface area contributed by atoms with Gasteiger partial charge in [0.05, 0.1) is 5.41 Å². The van der Waals surface area contributed by atoms with E-state index >= 15 is 0 Å². The van der Waals surface area contributed by atoms with E-state index in [2.05, 4.69) is 64.9 Å². The van der Waals surface area contributed by atoms with Crippen LogP contribution in [-0.4, -0.2) is 21.4 Å². The summed E-state index contributed by atoms with van der Waals surface area (Å²) in [6.07, 6.45) is 11.6. The van der Waals surface area contributed by atoms with Crippen LogP contribution in [0.5, 0.6) is 0 Å². The van der Waals surface area contributed by atoms with Crippen LogP contribution in [0.15, 0.2) is 16.3 Å². The van der Waals surface area contributed by atoms with Gasteiger partial charge in [0.1, 0.15) is 11.4 Å². The average Bonchev–Trinajstić information content (AvgIpc) is 3.22. The van der Waals surface area contributed by atoms with Gasteiger partial charge in [-0.1, -0.05) is 70.4 Å². The third kappa shape index (κ3) is 2.74. The molecule has 192 valence electrons. The van der Waals surface area contributed by atoms with Crippen molar-refractivity contribution in [3.63, 3.8) is 0 Å². The number of aromatic nitrogens is 2. The van der Waals surface area contributed by atoms with Gasteiger partial charge < -0.3 is 5.11 Å². The number of nitrogens with zero attached hydrogens (tertiary/aromatic N) is 2. The average molecular weight is 481 g/mol. The molecule has 6 rings (SSSR count). The van der Waals surface area contributed by atoms with Crippen molar-refractivity contribution in [2.45, 2.75) is 112 Å². The predicted molar refractivity (Wildman–Crippen MR) is 135 cm³/mol. The molecule has 0 amide bonds. The fourth-order valence-corrected chi connectivity index (χ4v) is 10.8. The second-order valence-electron chi connectivity index (χ2n) is 15.1. The molecule has 0 radical (unpaired) electrons. The third-order valence-electron chi connectivity index (χ3n) is 12.9. The standard InChI is InChI=1S/C30H44N2O3/c1-25(2)12-14-30(24(33)34)15-13-28(6)18(19(30)16-25)8-9-22-27(5)17-20-23(32-35-31-20)26(3,4)21(27)10-11-29(22,28)7/h8,19,21-22H,9-17H2,1-7H3,(H,33,34)/t19-,21?,22?,27-,28+,29+,30-/m0/s1. The quantitative estimate of drug-likeness (QED) is 0.439. The molecule has 5 aliphatic carbocycles. The number of rotatable bonds is 1. The van der Waals surface area contributed by atoms with Crippen LogP contribution in [-0.2, 0) is 16.6 Å². The minimum Gasteiger partial charge on any atom is -0.481 e. The Hall–Kier alpha value is -1.65. The van der Waals surface area contributed by atoms with Crippen LogP contribution < -0.4 is 0 Å². The van der Waals surface area contributed by atoms with Crippen LogP contribution in [0.2, 0.25) is 0 Å². The number of carboxylic acids is 1. The van der Waals surface area contributed by atoms with Gasteiger partial charge in [0.15, 0.2) is 0 Å². The summed E-state index contributed by atoms with van der Waals surface area (Å²) in [5.41, 5.74) is 3.53. The molecular formula is C30H44N2O3. The highest BCUT2D eigenvalue weighted by molar-refractivity contribution is 5.76. The van der Waals surface area contributed by atoms with Crippen LogP contribution in [0.4, 0.5) is 0 Å². The minimum atomic E-state index is -0.570. The summed E-state index contributed by atoms with van der Waals surface area (Å²) in [7, 11) is 0. The zero-order valence-electron chi connectivity index (χ0n) is 22.8. The maximum atomic E-state index is 12.8. The Morgan fingerprint density at radius 2 is 1.69 bits per heavy atom. The van der Waals surface area contributed by atoms with Crippen molar-refractivity contribution in [1.82, 2.24) is 10.3 Å². The van der Waals surface area contributed by atoms with Crippen LogP contribution >= 0.6 is 0 Å². The molecule has 5 nitrogen and oxygen atoms in total. The highest BCUT2D eigenvalue weighted by Gasteiger charge is 2.69. The first-order chi connectivity index (χ1) is 16.2. The molecule has 3 fully saturated rings. The van der Waals surface area contributed by atoms with Gasteiger partial charge in [0.25, 0.3) is 0 Å². The molecule has 0 saturated heterocycles. The molecule has 0 aliphatic heterocycles. The fraction of sp³-hybridized carbons (Fsp3) is 0.833. The summed E-state index contributed by atoms with van der Waals surface area (Å²) in [6, 6.07) is 0. The Balaban J connectivity index is 1.47. The first-order valence-corrected chi connectivity index (χ1v) is 14.0. The molecule has 3 saturated carbocycles. The highest BCUT2D eigenvalue weighted by Crippen LogP contribution is 2.75. The van der Waals surface area contributed by atoms with E-state index in [1.54, 1.807) is 0 Å². The summed E-state index contributed by atoms with van der Waals surface area (Å²) in [4.78, 5) is 12.8. The summed E-state index contributed by atoms with van der Waals surface area (Å²) in [5.74, 6) is 0.700. The van der Waals surface area contributed by atoms with Gasteiger partial charge in [-0.15, -0.1) is 0 Å². The van der Waals surface area contributed by atoms with Gasteiger partial charge in [0.2, 0.25) is 0 Å². The molecule has 5 aliphatic rings. The molecular weight excluding hydrogens is 436 g/mol. The number of aliphatic carboxylic acids is 1. The van der Waals surface area contributed by atoms with Gasteiger partial charge in [-0.2, -0.15) is 0 Å². The number of allylic oxidation sites excluding steroid dienone is 2. The Morgan fingerprint density at radius 1 is 0.971 bits per heavy atom. The molecule has 1 N–H and O–H groups in total. The Kier molecular flexibility index (Phi) is 4.61. The summed E-state index contributed by atoms with van der Waals surface area (Å²) in [6.45, 7) is 17.0. The topological polar surface area (TPSA) is 76.2 Å². The molecule has 0 spiro atoms. The molecule has 2 unspecified atom stereocenters. The second-order valence-corrected chi connectivity index (χ2v) is 15.1. The SMILES string of the molecule is CC1(C)CC[C@]2(C(=O)O)CC[C@]3(C)C(=CCC4[C@@]5(C)Cc6nonc6C(C)(C)C5CC[C@]43C)[C@@H]2C1. The predicted octanol–water partition coefficient (Wildman–Crippen LogP) is 6.97. The number of carbonyl (C=O) groups is 1. The largest absolute Gasteiger partial charge is 0.481 e. The van der Waals surface area contributed by atoms with Gasteiger partial charge >= 0.3 is 5.97 Å². The third-order valence-corrected chi connectivity index (χ3v) is 12.9. The lowest BCUT2D eigenvalue weighted by atomic mass is 9.34. The number of carboxylic acid groups (broad SMARTS) is 1. The van der Waals surface area contributed by atoms with Crippen molar-refractivity contribution in [1.29, 1.82) is 0 Å². The first-order valence-electron chi connectivity index (χ1n) is 14.0. The highest BCUT2D eigenvalue weighted by atomic mass is 16.6. The molecule has 0 bridgehead atoms. The summed E-state index contributed by atoms with van der Waals surface area (Å²) >= 11 is 0. The molecule has 5 heteroatoms. The lowest BCUT2D eigenvalue weighted by Gasteiger charge is -2.70. The molecule has 1 aromatic heterocycles. The van der Waals surface area contributed by atoms with Gasteiger partial charge in [-0.3, -0.25) is 4.79 Å². The summed E-state index contributed by atoms with van der Waals surface area (Å²) < 4.78 is 5.27. The lowest BCUT2D eigenvalue weighted by Crippen LogP contribution is -2.64. The van der Waals surface area contributed by atoms with Crippen molar-refractivity contribution in [2.24, 2.45) is 44.8 Å². The first kappa shape index (κ1) is 23.7. The van der Waals surface area contributed by atoms with Crippen LogP contribution in [0.25, 0.3) is 0 Å². The van der Waals surface area contributed by atoms with Crippen molar-refractivity contribution >= 4 is 5.97 Å². The Bertz CT molecular complexity index is 1120. The molecule has 1 aromatic rings. The minimum absolute atomic E-state index is 0.0486. The maximum absolute atomic E-state index is 12.8. The summed E-state index contributed by atoms with van der Waals surface area (Å²) in [5, 5.41) is 19.3. The van der Waals surface area contributed by atoms with E-state index in [-0.39, 0.29) is 33.0 Å². The Morgan fingerprint density at radius 3 is 2.40 bits per heavy atom. The Labute approximate surface area is 210 Å². The van der Waals surface area contributed by atoms with Crippen molar-refractivity contribution in [3.8, 4) is 0 Å². The van der Waals surface area contributed by atoms with Crippen molar-refractivity contribution in [3.05, 3.63) is 23.0 Å². The van der Waals surface area contributed by atoms with E-state index in [0.29, 0.717) is 11.8 Å². The van der Waals surface area contributed by atoms with Crippen molar-refractivity contribution < 1.29 is 14.5 Å². The van der Waals surface area contributed by atoms with Gasteiger partial charge in [-0.25, -0.2) is 4.63 Å². The van der Waals surface area contributed by atoms with E-state index in [0.717, 1.165) is 56.3 Å². The molecule has 7 atom stereocenters. The van der Waals surface area contributed by atoms with Gasteiger partial charge in [-0.05, 0) is 90.8 Å². The van der Waals surface area contributed by atoms with Crippen LogP contribution in [0, 0.1) is 44.8 Å². The van der Waals surface area contributed by atoms with E-state index < -0.39 is 11.4 Å². The van der Waals surface area contributed by atoms with E-state index in [1.165, 1.54) is 18.4 Å². The molecule has 0 aromatic carbocycles. The smallest absolute Gasteiger partial charge is 0.310 e. The van der Waals surface area contributed by atoms with Crippen LogP contribution in [0.3, 0.4) is 0 Å². The second kappa shape index (κ2) is 6.81. The monoisotopic (exact) mass is 480 g/mol. The number of hydrogen-bond donors (Lipinski definition) is 1. The van der Waals surface area contributed by atoms with E-state index in [1.807, 2.05) is 0 Å².